The lowest BCUT2D eigenvalue weighted by Crippen LogP contribution is -1.98. The molecule has 2 aromatic rings. The van der Waals surface area contributed by atoms with Crippen LogP contribution in [0.15, 0.2) is 36.5 Å². The maximum absolute atomic E-state index is 9.62. The molecule has 2 rings (SSSR count). The number of hydrogen-bond acceptors (Lipinski definition) is 3. The highest BCUT2D eigenvalue weighted by Crippen LogP contribution is 2.31. The normalized spacial score (nSPS) is 12.5. The molecular formula is C17H21NO2. The van der Waals surface area contributed by atoms with Gasteiger partial charge < -0.3 is 9.84 Å². The molecule has 20 heavy (non-hydrogen) atoms. The van der Waals surface area contributed by atoms with E-state index in [1.807, 2.05) is 13.0 Å². The Morgan fingerprint density at radius 1 is 1.10 bits per heavy atom. The third-order valence-electron chi connectivity index (χ3n) is 3.25. The van der Waals surface area contributed by atoms with Crippen molar-refractivity contribution in [2.24, 2.45) is 0 Å². The first-order chi connectivity index (χ1) is 9.47. The van der Waals surface area contributed by atoms with Gasteiger partial charge in [0.25, 0.3) is 0 Å². The Morgan fingerprint density at radius 3 is 2.50 bits per heavy atom. The van der Waals surface area contributed by atoms with Crippen molar-refractivity contribution in [3.8, 4) is 11.6 Å². The van der Waals surface area contributed by atoms with Crippen LogP contribution in [0.3, 0.4) is 0 Å². The molecule has 3 heteroatoms. The molecule has 0 bridgehead atoms. The smallest absolute Gasteiger partial charge is 0.219 e. The van der Waals surface area contributed by atoms with Crippen molar-refractivity contribution in [3.05, 3.63) is 53.2 Å². The Balaban J connectivity index is 2.34. The lowest BCUT2D eigenvalue weighted by atomic mass is 10.0. The highest BCUT2D eigenvalue weighted by molar-refractivity contribution is 5.41. The topological polar surface area (TPSA) is 42.4 Å². The second-order valence-electron chi connectivity index (χ2n) is 5.40. The van der Waals surface area contributed by atoms with Gasteiger partial charge in [-0.2, -0.15) is 0 Å². The molecule has 1 heterocycles. The monoisotopic (exact) mass is 271 g/mol. The Kier molecular flexibility index (Phi) is 4.40. The number of hydrogen-bond donors (Lipinski definition) is 1. The number of rotatable bonds is 4. The van der Waals surface area contributed by atoms with Gasteiger partial charge in [0.05, 0.1) is 6.10 Å². The van der Waals surface area contributed by atoms with Crippen molar-refractivity contribution < 1.29 is 9.84 Å². The number of ether oxygens (including phenoxy) is 1. The Morgan fingerprint density at radius 2 is 1.85 bits per heavy atom. The molecule has 1 aromatic carbocycles. The van der Waals surface area contributed by atoms with Gasteiger partial charge in [-0.3, -0.25) is 0 Å². The van der Waals surface area contributed by atoms with Crippen LogP contribution >= 0.6 is 0 Å². The van der Waals surface area contributed by atoms with E-state index in [9.17, 15) is 5.11 Å². The summed E-state index contributed by atoms with van der Waals surface area (Å²) in [4.78, 5) is 4.21. The second-order valence-corrected chi connectivity index (χ2v) is 5.40. The molecule has 3 nitrogen and oxygen atoms in total. The van der Waals surface area contributed by atoms with Crippen molar-refractivity contribution in [1.82, 2.24) is 4.98 Å². The van der Waals surface area contributed by atoms with E-state index in [0.29, 0.717) is 11.8 Å². The van der Waals surface area contributed by atoms with E-state index >= 15 is 0 Å². The minimum Gasteiger partial charge on any atom is -0.439 e. The van der Waals surface area contributed by atoms with Crippen LogP contribution in [0.25, 0.3) is 0 Å². The van der Waals surface area contributed by atoms with Gasteiger partial charge in [0.1, 0.15) is 5.75 Å². The fourth-order valence-electron chi connectivity index (χ4n) is 2.06. The Bertz CT molecular complexity index is 591. The number of pyridine rings is 1. The van der Waals surface area contributed by atoms with Crippen LogP contribution < -0.4 is 4.74 Å². The summed E-state index contributed by atoms with van der Waals surface area (Å²) in [6.45, 7) is 8.04. The van der Waals surface area contributed by atoms with E-state index in [4.69, 9.17) is 4.74 Å². The summed E-state index contributed by atoms with van der Waals surface area (Å²) in [5.74, 6) is 1.72. The molecular weight excluding hydrogens is 250 g/mol. The molecule has 106 valence electrons. The van der Waals surface area contributed by atoms with Crippen LogP contribution in [-0.2, 0) is 0 Å². The second kappa shape index (κ2) is 6.06. The minimum absolute atomic E-state index is 0.380. The van der Waals surface area contributed by atoms with Gasteiger partial charge in [0.2, 0.25) is 5.88 Å². The van der Waals surface area contributed by atoms with Gasteiger partial charge in [0.15, 0.2) is 0 Å². The highest BCUT2D eigenvalue weighted by atomic mass is 16.5. The Labute approximate surface area is 120 Å². The zero-order chi connectivity index (χ0) is 14.7. The largest absolute Gasteiger partial charge is 0.439 e. The predicted molar refractivity (Wildman–Crippen MR) is 80.2 cm³/mol. The van der Waals surface area contributed by atoms with E-state index in [-0.39, 0.29) is 0 Å². The van der Waals surface area contributed by atoms with E-state index in [1.54, 1.807) is 25.3 Å². The fraction of sp³-hybridized carbons (Fsp3) is 0.353. The lowest BCUT2D eigenvalue weighted by Gasteiger charge is -2.14. The first-order valence-electron chi connectivity index (χ1n) is 6.90. The summed E-state index contributed by atoms with van der Waals surface area (Å²) in [5, 5.41) is 9.62. The number of benzene rings is 1. The number of aliphatic hydroxyl groups excluding tert-OH is 1. The molecule has 0 saturated heterocycles. The van der Waals surface area contributed by atoms with Crippen LogP contribution in [0.1, 0.15) is 49.5 Å². The first kappa shape index (κ1) is 14.5. The molecule has 0 amide bonds. The van der Waals surface area contributed by atoms with Crippen molar-refractivity contribution in [1.29, 1.82) is 0 Å². The summed E-state index contributed by atoms with van der Waals surface area (Å²) in [6, 6.07) is 9.76. The number of nitrogens with zero attached hydrogens (tertiary/aromatic N) is 1. The molecule has 0 unspecified atom stereocenters. The van der Waals surface area contributed by atoms with Crippen LogP contribution in [-0.4, -0.2) is 10.1 Å². The van der Waals surface area contributed by atoms with Gasteiger partial charge >= 0.3 is 0 Å². The molecule has 0 aliphatic carbocycles. The van der Waals surface area contributed by atoms with E-state index in [1.165, 1.54) is 0 Å². The summed E-state index contributed by atoms with van der Waals surface area (Å²) in [6.07, 6.45) is 1.13. The molecule has 0 fully saturated rings. The standard InChI is InChI=1S/C17H21NO2/c1-11(2)15-6-5-12(3)9-16(15)20-17-10-14(13(4)19)7-8-18-17/h5-11,13,19H,1-4H3/t13-/m0/s1. The molecule has 0 aliphatic heterocycles. The van der Waals surface area contributed by atoms with Crippen molar-refractivity contribution in [3.63, 3.8) is 0 Å². The van der Waals surface area contributed by atoms with Crippen LogP contribution in [0.4, 0.5) is 0 Å². The summed E-state index contributed by atoms with van der Waals surface area (Å²) in [5.41, 5.74) is 3.10. The SMILES string of the molecule is Cc1ccc(C(C)C)c(Oc2cc([C@H](C)O)ccn2)c1. The molecule has 0 spiro atoms. The van der Waals surface area contributed by atoms with Gasteiger partial charge in [-0.1, -0.05) is 26.0 Å². The van der Waals surface area contributed by atoms with E-state index in [2.05, 4.69) is 31.0 Å². The first-order valence-corrected chi connectivity index (χ1v) is 6.90. The van der Waals surface area contributed by atoms with Crippen LogP contribution in [0, 0.1) is 6.92 Å². The van der Waals surface area contributed by atoms with Crippen molar-refractivity contribution >= 4 is 0 Å². The van der Waals surface area contributed by atoms with Crippen LogP contribution in [0.2, 0.25) is 0 Å². The fourth-order valence-corrected chi connectivity index (χ4v) is 2.06. The molecule has 0 saturated carbocycles. The lowest BCUT2D eigenvalue weighted by molar-refractivity contribution is 0.198. The van der Waals surface area contributed by atoms with Gasteiger partial charge in [-0.25, -0.2) is 4.98 Å². The number of aliphatic hydroxyl groups is 1. The highest BCUT2D eigenvalue weighted by Gasteiger charge is 2.10. The summed E-state index contributed by atoms with van der Waals surface area (Å²) in [7, 11) is 0. The van der Waals surface area contributed by atoms with Crippen molar-refractivity contribution in [2.75, 3.05) is 0 Å². The number of aromatic nitrogens is 1. The third-order valence-corrected chi connectivity index (χ3v) is 3.25. The average molecular weight is 271 g/mol. The summed E-state index contributed by atoms with van der Waals surface area (Å²) < 4.78 is 5.92. The zero-order valence-electron chi connectivity index (χ0n) is 12.4. The quantitative estimate of drug-likeness (QED) is 0.898. The molecule has 1 aromatic heterocycles. The minimum atomic E-state index is -0.526. The third kappa shape index (κ3) is 3.36. The molecule has 0 radical (unpaired) electrons. The summed E-state index contributed by atoms with van der Waals surface area (Å²) >= 11 is 0. The predicted octanol–water partition coefficient (Wildman–Crippen LogP) is 4.36. The number of aryl methyl sites for hydroxylation is 1. The van der Waals surface area contributed by atoms with Crippen molar-refractivity contribution in [2.45, 2.75) is 39.7 Å². The maximum atomic E-state index is 9.62. The van der Waals surface area contributed by atoms with Gasteiger partial charge in [-0.15, -0.1) is 0 Å². The van der Waals surface area contributed by atoms with E-state index < -0.39 is 6.10 Å². The Hall–Kier alpha value is -1.87. The van der Waals surface area contributed by atoms with E-state index in [0.717, 1.165) is 22.4 Å². The van der Waals surface area contributed by atoms with Gasteiger partial charge in [0, 0.05) is 12.3 Å². The maximum Gasteiger partial charge on any atom is 0.219 e. The zero-order valence-corrected chi connectivity index (χ0v) is 12.4. The molecule has 0 aliphatic rings. The molecule has 1 N–H and O–H groups in total. The van der Waals surface area contributed by atoms with Crippen LogP contribution in [0.5, 0.6) is 11.6 Å². The average Bonchev–Trinajstić information content (AvgIpc) is 2.38. The van der Waals surface area contributed by atoms with Gasteiger partial charge in [-0.05, 0) is 48.6 Å². The molecule has 1 atom stereocenters.